The minimum Gasteiger partial charge on any atom is -0.393 e. The number of anilines is 1. The molecule has 6 nitrogen and oxygen atoms in total. The number of hydrogen-bond donors (Lipinski definition) is 1. The van der Waals surface area contributed by atoms with Gasteiger partial charge in [-0.25, -0.2) is 4.90 Å². The molecule has 6 heteroatoms. The Labute approximate surface area is 132 Å². The number of aliphatic hydroxyl groups excluding tert-OH is 1. The molecular formula is C17H14N2O4. The average molecular weight is 310 g/mol. The molecule has 2 bridgehead atoms. The van der Waals surface area contributed by atoms with E-state index in [0.29, 0.717) is 11.3 Å². The lowest BCUT2D eigenvalue weighted by Gasteiger charge is -2.26. The third-order valence-electron chi connectivity index (χ3n) is 5.06. The molecule has 2 amide bonds. The second-order valence-corrected chi connectivity index (χ2v) is 6.36. The Bertz CT molecular complexity index is 794. The van der Waals surface area contributed by atoms with Gasteiger partial charge in [0.1, 0.15) is 5.60 Å². The van der Waals surface area contributed by atoms with Crippen LogP contribution in [0.3, 0.4) is 0 Å². The number of carbonyl (C=O) groups is 2. The SMILES string of the molecule is C[C@]12C=C[C@](CO)(O1)[C@H]1C(=O)N(c3ccc(C#N)cc3)C(=O)[C@@H]12. The van der Waals surface area contributed by atoms with Crippen LogP contribution >= 0.6 is 0 Å². The Morgan fingerprint density at radius 1 is 1.22 bits per heavy atom. The van der Waals surface area contributed by atoms with Gasteiger partial charge in [-0.1, -0.05) is 12.2 Å². The number of fused-ring (bicyclic) bond motifs is 5. The number of benzene rings is 1. The van der Waals surface area contributed by atoms with Crippen LogP contribution in [0.2, 0.25) is 0 Å². The maximum absolute atomic E-state index is 12.9. The predicted octanol–water partition coefficient (Wildman–Crippen LogP) is 0.754. The zero-order valence-corrected chi connectivity index (χ0v) is 12.4. The summed E-state index contributed by atoms with van der Waals surface area (Å²) in [5.74, 6) is -2.05. The van der Waals surface area contributed by atoms with Crippen LogP contribution in [-0.2, 0) is 14.3 Å². The standard InChI is InChI=1S/C17H14N2O4/c1-16-6-7-17(9-20,23-16)13-12(16)14(21)19(15(13)22)11-4-2-10(8-18)3-5-11/h2-7,12-13,20H,9H2,1H3/t12-,13-,16-,17-/m1/s1. The topological polar surface area (TPSA) is 90.6 Å². The molecule has 116 valence electrons. The number of aliphatic hydroxyl groups is 1. The summed E-state index contributed by atoms with van der Waals surface area (Å²) in [5.41, 5.74) is -1.10. The van der Waals surface area contributed by atoms with Crippen molar-refractivity contribution in [3.05, 3.63) is 42.0 Å². The van der Waals surface area contributed by atoms with Gasteiger partial charge >= 0.3 is 0 Å². The monoisotopic (exact) mass is 310 g/mol. The summed E-state index contributed by atoms with van der Waals surface area (Å²) in [5, 5.41) is 18.6. The third kappa shape index (κ3) is 1.58. The molecule has 1 aromatic carbocycles. The van der Waals surface area contributed by atoms with Crippen LogP contribution in [-0.4, -0.2) is 34.7 Å². The maximum atomic E-state index is 12.9. The van der Waals surface area contributed by atoms with Crippen molar-refractivity contribution < 1.29 is 19.4 Å². The first-order chi connectivity index (χ1) is 11.0. The zero-order chi connectivity index (χ0) is 16.4. The van der Waals surface area contributed by atoms with Crippen LogP contribution in [0, 0.1) is 23.2 Å². The molecule has 1 aromatic rings. The number of ether oxygens (including phenoxy) is 1. The van der Waals surface area contributed by atoms with Crippen molar-refractivity contribution in [1.29, 1.82) is 5.26 Å². The van der Waals surface area contributed by atoms with Crippen LogP contribution in [0.4, 0.5) is 5.69 Å². The molecule has 2 fully saturated rings. The quantitative estimate of drug-likeness (QED) is 0.643. The van der Waals surface area contributed by atoms with Gasteiger partial charge in [0.05, 0.1) is 41.4 Å². The number of rotatable bonds is 2. The van der Waals surface area contributed by atoms with Gasteiger partial charge in [0, 0.05) is 0 Å². The van der Waals surface area contributed by atoms with E-state index in [1.54, 1.807) is 43.3 Å². The number of nitriles is 1. The molecule has 23 heavy (non-hydrogen) atoms. The average Bonchev–Trinajstić information content (AvgIpc) is 3.14. The number of nitrogens with zero attached hydrogens (tertiary/aromatic N) is 2. The molecule has 0 radical (unpaired) electrons. The number of amides is 2. The van der Waals surface area contributed by atoms with Crippen LogP contribution in [0.25, 0.3) is 0 Å². The summed E-state index contributed by atoms with van der Waals surface area (Å²) in [4.78, 5) is 26.9. The molecule has 0 aromatic heterocycles. The molecule has 4 atom stereocenters. The fourth-order valence-electron chi connectivity index (χ4n) is 3.98. The lowest BCUT2D eigenvalue weighted by atomic mass is 9.73. The van der Waals surface area contributed by atoms with Crippen molar-refractivity contribution in [2.75, 3.05) is 11.5 Å². The molecule has 1 N–H and O–H groups in total. The van der Waals surface area contributed by atoms with E-state index in [1.165, 1.54) is 0 Å². The van der Waals surface area contributed by atoms with E-state index >= 15 is 0 Å². The van der Waals surface area contributed by atoms with Gasteiger partial charge in [-0.05, 0) is 31.2 Å². The van der Waals surface area contributed by atoms with Crippen LogP contribution in [0.1, 0.15) is 12.5 Å². The Morgan fingerprint density at radius 2 is 1.87 bits per heavy atom. The molecule has 0 spiro atoms. The third-order valence-corrected chi connectivity index (χ3v) is 5.06. The zero-order valence-electron chi connectivity index (χ0n) is 12.4. The lowest BCUT2D eigenvalue weighted by molar-refractivity contribution is -0.131. The highest BCUT2D eigenvalue weighted by atomic mass is 16.5. The van der Waals surface area contributed by atoms with Crippen molar-refractivity contribution >= 4 is 17.5 Å². The van der Waals surface area contributed by atoms with Crippen molar-refractivity contribution in [2.45, 2.75) is 18.1 Å². The second kappa shape index (κ2) is 4.28. The predicted molar refractivity (Wildman–Crippen MR) is 79.1 cm³/mol. The normalized spacial score (nSPS) is 37.3. The first-order valence-corrected chi connectivity index (χ1v) is 7.35. The van der Waals surface area contributed by atoms with Crippen molar-refractivity contribution in [3.8, 4) is 6.07 Å². The molecule has 0 unspecified atom stereocenters. The summed E-state index contributed by atoms with van der Waals surface area (Å²) in [6.07, 6.45) is 3.46. The minimum absolute atomic E-state index is 0.327. The smallest absolute Gasteiger partial charge is 0.241 e. The Morgan fingerprint density at radius 3 is 2.48 bits per heavy atom. The van der Waals surface area contributed by atoms with E-state index in [2.05, 4.69) is 0 Å². The fraction of sp³-hybridized carbons (Fsp3) is 0.353. The highest BCUT2D eigenvalue weighted by Crippen LogP contribution is 2.57. The van der Waals surface area contributed by atoms with Gasteiger partial charge in [0.25, 0.3) is 0 Å². The fourth-order valence-corrected chi connectivity index (χ4v) is 3.98. The Balaban J connectivity index is 1.78. The van der Waals surface area contributed by atoms with E-state index in [1.807, 2.05) is 6.07 Å². The number of hydrogen-bond acceptors (Lipinski definition) is 5. The summed E-state index contributed by atoms with van der Waals surface area (Å²) < 4.78 is 5.85. The van der Waals surface area contributed by atoms with Crippen LogP contribution in [0.5, 0.6) is 0 Å². The van der Waals surface area contributed by atoms with Gasteiger partial charge < -0.3 is 9.84 Å². The first-order valence-electron chi connectivity index (χ1n) is 7.35. The van der Waals surface area contributed by atoms with Crippen LogP contribution in [0.15, 0.2) is 36.4 Å². The lowest BCUT2D eigenvalue weighted by Crippen LogP contribution is -2.43. The first kappa shape index (κ1) is 14.1. The van der Waals surface area contributed by atoms with Gasteiger partial charge in [-0.2, -0.15) is 5.26 Å². The largest absolute Gasteiger partial charge is 0.393 e. The molecule has 0 aliphatic carbocycles. The van der Waals surface area contributed by atoms with E-state index in [0.717, 1.165) is 4.90 Å². The second-order valence-electron chi connectivity index (χ2n) is 6.36. The van der Waals surface area contributed by atoms with Crippen molar-refractivity contribution in [1.82, 2.24) is 0 Å². The molecule has 3 aliphatic rings. The van der Waals surface area contributed by atoms with E-state index in [9.17, 15) is 14.7 Å². The minimum atomic E-state index is -1.12. The maximum Gasteiger partial charge on any atom is 0.241 e. The van der Waals surface area contributed by atoms with E-state index < -0.39 is 23.0 Å². The summed E-state index contributed by atoms with van der Waals surface area (Å²) in [6, 6.07) is 8.30. The van der Waals surface area contributed by atoms with Gasteiger partial charge in [-0.15, -0.1) is 0 Å². The molecule has 4 rings (SSSR count). The number of carbonyl (C=O) groups excluding carboxylic acids is 2. The molecular weight excluding hydrogens is 296 g/mol. The van der Waals surface area contributed by atoms with Gasteiger partial charge in [-0.3, -0.25) is 9.59 Å². The Kier molecular flexibility index (Phi) is 2.63. The van der Waals surface area contributed by atoms with Gasteiger partial charge in [0.2, 0.25) is 11.8 Å². The van der Waals surface area contributed by atoms with E-state index in [-0.39, 0.29) is 18.4 Å². The summed E-state index contributed by atoms with van der Waals surface area (Å²) in [7, 11) is 0. The molecule has 2 saturated heterocycles. The Hall–Kier alpha value is -2.49. The van der Waals surface area contributed by atoms with Gasteiger partial charge in [0.15, 0.2) is 0 Å². The molecule has 0 saturated carbocycles. The van der Waals surface area contributed by atoms with Crippen molar-refractivity contribution in [2.24, 2.45) is 11.8 Å². The summed E-state index contributed by atoms with van der Waals surface area (Å²) >= 11 is 0. The van der Waals surface area contributed by atoms with E-state index in [4.69, 9.17) is 10.00 Å². The van der Waals surface area contributed by atoms with Crippen molar-refractivity contribution in [3.63, 3.8) is 0 Å². The van der Waals surface area contributed by atoms with Crippen LogP contribution < -0.4 is 4.90 Å². The summed E-state index contributed by atoms with van der Waals surface area (Å²) in [6.45, 7) is 1.42. The molecule has 3 aliphatic heterocycles. The molecule has 3 heterocycles. The highest BCUT2D eigenvalue weighted by molar-refractivity contribution is 6.23. The highest BCUT2D eigenvalue weighted by Gasteiger charge is 2.72. The number of imide groups is 1.